The van der Waals surface area contributed by atoms with Crippen molar-refractivity contribution < 1.29 is 4.79 Å². The summed E-state index contributed by atoms with van der Waals surface area (Å²) in [5.41, 5.74) is 10.4. The predicted molar refractivity (Wildman–Crippen MR) is 165 cm³/mol. The van der Waals surface area contributed by atoms with Crippen LogP contribution in [-0.4, -0.2) is 73.0 Å². The molecule has 1 saturated heterocycles. The van der Waals surface area contributed by atoms with E-state index in [1.807, 2.05) is 42.7 Å². The van der Waals surface area contributed by atoms with Crippen LogP contribution in [-0.2, 0) is 0 Å². The number of carbonyl (C=O) groups is 1. The molecule has 40 heavy (non-hydrogen) atoms. The highest BCUT2D eigenvalue weighted by Crippen LogP contribution is 2.36. The normalized spacial score (nSPS) is 14.1. The lowest BCUT2D eigenvalue weighted by atomic mass is 9.93. The van der Waals surface area contributed by atoms with E-state index in [0.29, 0.717) is 5.56 Å². The largest absolute Gasteiger partial charge is 0.369 e. The number of fused-ring (bicyclic) bond motifs is 1. The van der Waals surface area contributed by atoms with Crippen LogP contribution in [0.3, 0.4) is 0 Å². The third-order valence-corrected chi connectivity index (χ3v) is 7.96. The molecule has 0 bridgehead atoms. The maximum Gasteiger partial charge on any atom is 0.253 e. The van der Waals surface area contributed by atoms with Gasteiger partial charge in [-0.3, -0.25) is 4.79 Å². The summed E-state index contributed by atoms with van der Waals surface area (Å²) in [5.74, 6) is -0.0105. The van der Waals surface area contributed by atoms with E-state index in [9.17, 15) is 4.79 Å². The van der Waals surface area contributed by atoms with Crippen molar-refractivity contribution in [1.29, 1.82) is 0 Å². The molecule has 0 spiro atoms. The Morgan fingerprint density at radius 1 is 0.825 bits per heavy atom. The van der Waals surface area contributed by atoms with Crippen LogP contribution in [0.25, 0.3) is 44.4 Å². The highest BCUT2D eigenvalue weighted by Gasteiger charge is 2.19. The molecule has 1 fully saturated rings. The van der Waals surface area contributed by atoms with E-state index in [0.717, 1.165) is 70.6 Å². The maximum absolute atomic E-state index is 13.0. The second-order valence-electron chi connectivity index (χ2n) is 10.9. The van der Waals surface area contributed by atoms with Crippen LogP contribution in [0.4, 0.5) is 5.69 Å². The van der Waals surface area contributed by atoms with Gasteiger partial charge in [-0.05, 0) is 72.1 Å². The molecule has 1 aliphatic rings. The van der Waals surface area contributed by atoms with Crippen LogP contribution >= 0.6 is 0 Å². The van der Waals surface area contributed by atoms with E-state index in [2.05, 4.69) is 71.2 Å². The molecule has 6 rings (SSSR count). The number of amides is 1. The van der Waals surface area contributed by atoms with Crippen LogP contribution in [0.2, 0.25) is 0 Å². The van der Waals surface area contributed by atoms with Gasteiger partial charge < -0.3 is 19.7 Å². The van der Waals surface area contributed by atoms with Gasteiger partial charge in [-0.15, -0.1) is 0 Å². The van der Waals surface area contributed by atoms with Crippen molar-refractivity contribution >= 4 is 22.6 Å². The first-order chi connectivity index (χ1) is 19.4. The Balaban J connectivity index is 1.39. The number of hydrogen-bond acceptors (Lipinski definition) is 4. The summed E-state index contributed by atoms with van der Waals surface area (Å²) in [6.45, 7) is 6.50. The van der Waals surface area contributed by atoms with Crippen molar-refractivity contribution in [2.75, 3.05) is 52.2 Å². The second-order valence-corrected chi connectivity index (χ2v) is 10.9. The van der Waals surface area contributed by atoms with Crippen molar-refractivity contribution in [3.05, 3.63) is 96.3 Å². The number of aromatic amines is 1. The lowest BCUT2D eigenvalue weighted by Gasteiger charge is -2.35. The van der Waals surface area contributed by atoms with Gasteiger partial charge in [0.15, 0.2) is 0 Å². The summed E-state index contributed by atoms with van der Waals surface area (Å²) < 4.78 is 0. The topological polar surface area (TPSA) is 55.5 Å². The van der Waals surface area contributed by atoms with Gasteiger partial charge in [-0.1, -0.05) is 42.5 Å². The molecule has 6 heteroatoms. The molecule has 2 aromatic heterocycles. The first-order valence-corrected chi connectivity index (χ1v) is 13.8. The van der Waals surface area contributed by atoms with E-state index < -0.39 is 0 Å². The van der Waals surface area contributed by atoms with Gasteiger partial charge in [0.1, 0.15) is 5.65 Å². The number of piperazine rings is 1. The molecule has 0 unspecified atom stereocenters. The Hall–Kier alpha value is -4.42. The van der Waals surface area contributed by atoms with Crippen molar-refractivity contribution in [2.24, 2.45) is 0 Å². The van der Waals surface area contributed by atoms with Crippen molar-refractivity contribution in [2.45, 2.75) is 6.92 Å². The fraction of sp³-hybridized carbons (Fsp3) is 0.235. The van der Waals surface area contributed by atoms with Crippen LogP contribution in [0.5, 0.6) is 0 Å². The molecule has 1 amide bonds. The smallest absolute Gasteiger partial charge is 0.253 e. The SMILES string of the molecule is Cc1cc(-c2cnc3[nH]cc(-c4ccc(C(=O)N(C)C)c(-c5ccccc5)c4)c3c2)ccc1N1CCN(C)CC1. The van der Waals surface area contributed by atoms with Crippen molar-refractivity contribution in [3.8, 4) is 33.4 Å². The number of anilines is 1. The zero-order valence-corrected chi connectivity index (χ0v) is 23.6. The summed E-state index contributed by atoms with van der Waals surface area (Å²) in [6, 6.07) is 25.2. The van der Waals surface area contributed by atoms with Crippen LogP contribution in [0.1, 0.15) is 15.9 Å². The predicted octanol–water partition coefficient (Wildman–Crippen LogP) is 6.33. The average molecular weight is 530 g/mol. The zero-order chi connectivity index (χ0) is 27.8. The molecule has 1 aliphatic heterocycles. The zero-order valence-electron chi connectivity index (χ0n) is 23.6. The van der Waals surface area contributed by atoms with Gasteiger partial charge in [0.05, 0.1) is 0 Å². The average Bonchev–Trinajstić information content (AvgIpc) is 3.41. The van der Waals surface area contributed by atoms with Gasteiger partial charge in [0.25, 0.3) is 5.91 Å². The number of nitrogens with one attached hydrogen (secondary N) is 1. The molecule has 5 aromatic rings. The lowest BCUT2D eigenvalue weighted by molar-refractivity contribution is 0.0828. The maximum atomic E-state index is 13.0. The highest BCUT2D eigenvalue weighted by atomic mass is 16.2. The second kappa shape index (κ2) is 10.6. The number of rotatable bonds is 5. The van der Waals surface area contributed by atoms with Crippen LogP contribution in [0, 0.1) is 6.92 Å². The van der Waals surface area contributed by atoms with E-state index >= 15 is 0 Å². The molecule has 202 valence electrons. The molecule has 1 N–H and O–H groups in total. The first-order valence-electron chi connectivity index (χ1n) is 13.8. The molecule has 3 aromatic carbocycles. The Bertz CT molecular complexity index is 1680. The number of likely N-dealkylation sites (N-methyl/N-ethyl adjacent to an activating group) is 1. The summed E-state index contributed by atoms with van der Waals surface area (Å²) in [4.78, 5) is 27.6. The molecule has 0 aliphatic carbocycles. The number of pyridine rings is 1. The van der Waals surface area contributed by atoms with E-state index in [1.54, 1.807) is 19.0 Å². The summed E-state index contributed by atoms with van der Waals surface area (Å²) in [6.07, 6.45) is 3.96. The number of aromatic nitrogens is 2. The van der Waals surface area contributed by atoms with Gasteiger partial charge in [-0.2, -0.15) is 0 Å². The van der Waals surface area contributed by atoms with Crippen molar-refractivity contribution in [1.82, 2.24) is 19.8 Å². The van der Waals surface area contributed by atoms with Crippen molar-refractivity contribution in [3.63, 3.8) is 0 Å². The van der Waals surface area contributed by atoms with Gasteiger partial charge in [-0.25, -0.2) is 4.98 Å². The number of hydrogen-bond donors (Lipinski definition) is 1. The Morgan fingerprint density at radius 2 is 1.57 bits per heavy atom. The molecule has 0 radical (unpaired) electrons. The fourth-order valence-electron chi connectivity index (χ4n) is 5.63. The highest BCUT2D eigenvalue weighted by molar-refractivity contribution is 6.03. The number of benzene rings is 3. The van der Waals surface area contributed by atoms with E-state index in [4.69, 9.17) is 4.98 Å². The minimum absolute atomic E-state index is 0.0105. The number of carbonyl (C=O) groups excluding carboxylic acids is 1. The van der Waals surface area contributed by atoms with Crippen LogP contribution in [0.15, 0.2) is 85.2 Å². The molecular weight excluding hydrogens is 494 g/mol. The Kier molecular flexibility index (Phi) is 6.86. The molecule has 0 atom stereocenters. The third-order valence-electron chi connectivity index (χ3n) is 7.96. The minimum atomic E-state index is -0.0105. The number of nitrogens with zero attached hydrogens (tertiary/aromatic N) is 4. The summed E-state index contributed by atoms with van der Waals surface area (Å²) in [5, 5.41) is 1.06. The van der Waals surface area contributed by atoms with Gasteiger partial charge in [0.2, 0.25) is 0 Å². The minimum Gasteiger partial charge on any atom is -0.369 e. The fourth-order valence-corrected chi connectivity index (χ4v) is 5.63. The number of H-pyrrole nitrogens is 1. The standard InChI is InChI=1S/C34H35N5O/c1-23-18-25(11-13-32(23)39-16-14-38(4)15-17-39)27-20-30-31(22-36-33(30)35-21-27)26-10-12-28(34(40)37(2)3)29(19-26)24-8-6-5-7-9-24/h5-13,18-22H,14-17H2,1-4H3,(H,35,36). The first kappa shape index (κ1) is 25.8. The molecular formula is C34H35N5O. The Labute approximate surface area is 235 Å². The molecule has 0 saturated carbocycles. The van der Waals surface area contributed by atoms with Crippen LogP contribution < -0.4 is 4.90 Å². The summed E-state index contributed by atoms with van der Waals surface area (Å²) >= 11 is 0. The quantitative estimate of drug-likeness (QED) is 0.289. The summed E-state index contributed by atoms with van der Waals surface area (Å²) in [7, 11) is 5.76. The van der Waals surface area contributed by atoms with Gasteiger partial charge in [0, 0.05) is 80.4 Å². The third kappa shape index (κ3) is 4.87. The lowest BCUT2D eigenvalue weighted by Crippen LogP contribution is -2.44. The molecule has 3 heterocycles. The monoisotopic (exact) mass is 529 g/mol. The molecule has 6 nitrogen and oxygen atoms in total. The van der Waals surface area contributed by atoms with E-state index in [1.165, 1.54) is 11.3 Å². The number of aryl methyl sites for hydroxylation is 1. The Morgan fingerprint density at radius 3 is 2.30 bits per heavy atom. The van der Waals surface area contributed by atoms with E-state index in [-0.39, 0.29) is 5.91 Å². The van der Waals surface area contributed by atoms with Gasteiger partial charge >= 0.3 is 0 Å².